The second-order valence-electron chi connectivity index (χ2n) is 8.38. The van der Waals surface area contributed by atoms with Crippen LogP contribution in [0.25, 0.3) is 0 Å². The van der Waals surface area contributed by atoms with Crippen LogP contribution in [0, 0.1) is 17.2 Å². The highest BCUT2D eigenvalue weighted by atomic mass is 16.2. The molecule has 1 N–H and O–H groups in total. The van der Waals surface area contributed by atoms with Crippen molar-refractivity contribution in [3.8, 4) is 6.07 Å². The van der Waals surface area contributed by atoms with E-state index in [1.165, 1.54) is 0 Å². The molecular formula is C25H28N4O2. The van der Waals surface area contributed by atoms with Gasteiger partial charge in [-0.25, -0.2) is 0 Å². The third kappa shape index (κ3) is 5.05. The van der Waals surface area contributed by atoms with Crippen molar-refractivity contribution in [2.75, 3.05) is 31.1 Å². The highest BCUT2D eigenvalue weighted by molar-refractivity contribution is 5.94. The maximum atomic E-state index is 12.9. The molecule has 2 saturated heterocycles. The summed E-state index contributed by atoms with van der Waals surface area (Å²) in [5.74, 6) is -0.0609. The lowest BCUT2D eigenvalue weighted by atomic mass is 9.95. The molecule has 0 bridgehead atoms. The van der Waals surface area contributed by atoms with Crippen molar-refractivity contribution in [3.63, 3.8) is 0 Å². The van der Waals surface area contributed by atoms with Gasteiger partial charge in [0.1, 0.15) is 0 Å². The van der Waals surface area contributed by atoms with Crippen molar-refractivity contribution in [3.05, 3.63) is 65.7 Å². The summed E-state index contributed by atoms with van der Waals surface area (Å²) in [6.07, 6.45) is 3.47. The molecule has 0 saturated carbocycles. The molecule has 0 aromatic heterocycles. The van der Waals surface area contributed by atoms with E-state index in [2.05, 4.69) is 16.3 Å². The zero-order valence-corrected chi connectivity index (χ0v) is 17.7. The van der Waals surface area contributed by atoms with Gasteiger partial charge < -0.3 is 15.1 Å². The van der Waals surface area contributed by atoms with Gasteiger partial charge in [0.25, 0.3) is 5.91 Å². The Balaban J connectivity index is 1.27. The van der Waals surface area contributed by atoms with Crippen molar-refractivity contribution < 1.29 is 9.59 Å². The number of carbonyl (C=O) groups excluding carboxylic acids is 2. The largest absolute Gasteiger partial charge is 0.371 e. The van der Waals surface area contributed by atoms with Crippen molar-refractivity contribution in [1.82, 2.24) is 10.2 Å². The number of hydrogen-bond acceptors (Lipinski definition) is 4. The number of piperidine rings is 2. The van der Waals surface area contributed by atoms with Crippen LogP contribution in [-0.2, 0) is 4.79 Å². The van der Waals surface area contributed by atoms with Crippen LogP contribution in [0.2, 0.25) is 0 Å². The van der Waals surface area contributed by atoms with Gasteiger partial charge in [-0.2, -0.15) is 5.26 Å². The van der Waals surface area contributed by atoms with E-state index < -0.39 is 0 Å². The Labute approximate surface area is 183 Å². The van der Waals surface area contributed by atoms with E-state index in [9.17, 15) is 9.59 Å². The molecule has 6 heteroatoms. The average molecular weight is 417 g/mol. The topological polar surface area (TPSA) is 76.4 Å². The fraction of sp³-hybridized carbons (Fsp3) is 0.400. The summed E-state index contributed by atoms with van der Waals surface area (Å²) >= 11 is 0. The maximum absolute atomic E-state index is 12.9. The molecule has 0 radical (unpaired) electrons. The van der Waals surface area contributed by atoms with Crippen molar-refractivity contribution in [2.24, 2.45) is 5.92 Å². The summed E-state index contributed by atoms with van der Waals surface area (Å²) < 4.78 is 0. The Hall–Kier alpha value is -3.33. The van der Waals surface area contributed by atoms with Gasteiger partial charge in [-0.3, -0.25) is 9.59 Å². The fourth-order valence-corrected chi connectivity index (χ4v) is 4.49. The molecule has 1 atom stereocenters. The number of benzene rings is 2. The lowest BCUT2D eigenvalue weighted by Crippen LogP contribution is -2.50. The summed E-state index contributed by atoms with van der Waals surface area (Å²) in [7, 11) is 0. The molecular weight excluding hydrogens is 388 g/mol. The molecule has 31 heavy (non-hydrogen) atoms. The van der Waals surface area contributed by atoms with Crippen LogP contribution in [0.3, 0.4) is 0 Å². The Kier molecular flexibility index (Phi) is 6.51. The molecule has 2 aliphatic rings. The minimum atomic E-state index is -0.141. The predicted octanol–water partition coefficient (Wildman–Crippen LogP) is 3.20. The van der Waals surface area contributed by atoms with E-state index in [1.807, 2.05) is 59.5 Å². The standard InChI is InChI=1S/C25H28N4O2/c26-17-19-8-10-23(11-9-19)28-15-12-22(13-16-28)27-24(30)21-7-4-14-29(18-21)25(31)20-5-2-1-3-6-20/h1-3,5-6,8-11,21-22H,4,7,12-16,18H2,(H,27,30). The van der Waals surface area contributed by atoms with Crippen LogP contribution in [0.1, 0.15) is 41.6 Å². The number of carbonyl (C=O) groups is 2. The summed E-state index contributed by atoms with van der Waals surface area (Å²) in [6, 6.07) is 19.3. The van der Waals surface area contributed by atoms with E-state index in [4.69, 9.17) is 5.26 Å². The molecule has 4 rings (SSSR count). The number of likely N-dealkylation sites (tertiary alicyclic amines) is 1. The number of hydrogen-bond donors (Lipinski definition) is 1. The van der Waals surface area contributed by atoms with Gasteiger partial charge >= 0.3 is 0 Å². The quantitative estimate of drug-likeness (QED) is 0.830. The van der Waals surface area contributed by atoms with Crippen molar-refractivity contribution in [2.45, 2.75) is 31.7 Å². The highest BCUT2D eigenvalue weighted by Gasteiger charge is 2.30. The third-order valence-corrected chi connectivity index (χ3v) is 6.30. The molecule has 160 valence electrons. The van der Waals surface area contributed by atoms with E-state index >= 15 is 0 Å². The van der Waals surface area contributed by atoms with E-state index in [0.717, 1.165) is 44.5 Å². The minimum absolute atomic E-state index is 0.00817. The van der Waals surface area contributed by atoms with E-state index in [-0.39, 0.29) is 23.8 Å². The van der Waals surface area contributed by atoms with Gasteiger partial charge in [0.2, 0.25) is 5.91 Å². The van der Waals surface area contributed by atoms with E-state index in [0.29, 0.717) is 24.2 Å². The van der Waals surface area contributed by atoms with Crippen LogP contribution in [0.4, 0.5) is 5.69 Å². The number of anilines is 1. The molecule has 6 nitrogen and oxygen atoms in total. The highest BCUT2D eigenvalue weighted by Crippen LogP contribution is 2.22. The molecule has 2 heterocycles. The van der Waals surface area contributed by atoms with Gasteiger partial charge in [0, 0.05) is 43.5 Å². The van der Waals surface area contributed by atoms with Gasteiger partial charge in [0.05, 0.1) is 17.6 Å². The first-order chi connectivity index (χ1) is 15.1. The number of nitrogens with one attached hydrogen (secondary N) is 1. The minimum Gasteiger partial charge on any atom is -0.371 e. The predicted molar refractivity (Wildman–Crippen MR) is 120 cm³/mol. The number of nitriles is 1. The normalized spacial score (nSPS) is 19.5. The first kappa shape index (κ1) is 20.9. The van der Waals surface area contributed by atoms with Crippen molar-refractivity contribution >= 4 is 17.5 Å². The number of nitrogens with zero attached hydrogens (tertiary/aromatic N) is 3. The molecule has 0 aliphatic carbocycles. The lowest BCUT2D eigenvalue weighted by molar-refractivity contribution is -0.127. The van der Waals surface area contributed by atoms with Crippen LogP contribution in [-0.4, -0.2) is 48.9 Å². The Morgan fingerprint density at radius 2 is 1.65 bits per heavy atom. The summed E-state index contributed by atoms with van der Waals surface area (Å²) in [6.45, 7) is 2.95. The van der Waals surface area contributed by atoms with Crippen molar-refractivity contribution in [1.29, 1.82) is 5.26 Å². The van der Waals surface area contributed by atoms with Gasteiger partial charge in [0.15, 0.2) is 0 Å². The van der Waals surface area contributed by atoms with Gasteiger partial charge in [-0.15, -0.1) is 0 Å². The summed E-state index contributed by atoms with van der Waals surface area (Å²) in [4.78, 5) is 29.8. The maximum Gasteiger partial charge on any atom is 0.253 e. The van der Waals surface area contributed by atoms with Crippen LogP contribution in [0.15, 0.2) is 54.6 Å². The SMILES string of the molecule is N#Cc1ccc(N2CCC(NC(=O)C3CCCN(C(=O)c4ccccc4)C3)CC2)cc1. The smallest absolute Gasteiger partial charge is 0.253 e. The monoisotopic (exact) mass is 416 g/mol. The van der Waals surface area contributed by atoms with Crippen LogP contribution in [0.5, 0.6) is 0 Å². The van der Waals surface area contributed by atoms with Crippen LogP contribution >= 0.6 is 0 Å². The molecule has 1 unspecified atom stereocenters. The molecule has 0 spiro atoms. The zero-order chi connectivity index (χ0) is 21.6. The van der Waals surface area contributed by atoms with Gasteiger partial charge in [-0.05, 0) is 62.1 Å². The average Bonchev–Trinajstić information content (AvgIpc) is 2.85. The summed E-state index contributed by atoms with van der Waals surface area (Å²) in [5, 5.41) is 12.2. The number of amides is 2. The molecule has 2 amide bonds. The molecule has 2 aromatic carbocycles. The first-order valence-corrected chi connectivity index (χ1v) is 11.0. The second kappa shape index (κ2) is 9.65. The summed E-state index contributed by atoms with van der Waals surface area (Å²) in [5.41, 5.74) is 2.46. The molecule has 2 aromatic rings. The molecule has 2 fully saturated rings. The van der Waals surface area contributed by atoms with Gasteiger partial charge in [-0.1, -0.05) is 18.2 Å². The fourth-order valence-electron chi connectivity index (χ4n) is 4.49. The van der Waals surface area contributed by atoms with E-state index in [1.54, 1.807) is 0 Å². The first-order valence-electron chi connectivity index (χ1n) is 11.0. The van der Waals surface area contributed by atoms with Crippen LogP contribution < -0.4 is 10.2 Å². The zero-order valence-electron chi connectivity index (χ0n) is 17.7. The Morgan fingerprint density at radius 3 is 2.32 bits per heavy atom. The third-order valence-electron chi connectivity index (χ3n) is 6.30. The lowest BCUT2D eigenvalue weighted by Gasteiger charge is -2.36. The number of rotatable bonds is 4. The Bertz CT molecular complexity index is 944. The second-order valence-corrected chi connectivity index (χ2v) is 8.38. The molecule has 2 aliphatic heterocycles. The Morgan fingerprint density at radius 1 is 0.935 bits per heavy atom.